The van der Waals surface area contributed by atoms with Crippen LogP contribution in [0.1, 0.15) is 36.6 Å². The van der Waals surface area contributed by atoms with Crippen LogP contribution in [0.5, 0.6) is 0 Å². The van der Waals surface area contributed by atoms with E-state index in [-0.39, 0.29) is 11.5 Å². The van der Waals surface area contributed by atoms with E-state index in [0.29, 0.717) is 43.4 Å². The SMILES string of the molecule is C[C@@H]1CCCN(c2nc3c(c(=O)[nH]2)CN(C(=O)Cc2ccc4nc[nH]c4c2)CC3)C1. The van der Waals surface area contributed by atoms with Crippen LogP contribution < -0.4 is 10.5 Å². The number of imidazole rings is 1. The number of nitrogens with one attached hydrogen (secondary N) is 2. The Morgan fingerprint density at radius 3 is 3.07 bits per heavy atom. The summed E-state index contributed by atoms with van der Waals surface area (Å²) in [4.78, 5) is 44.6. The normalized spacial score (nSPS) is 19.2. The maximum Gasteiger partial charge on any atom is 0.257 e. The van der Waals surface area contributed by atoms with Crippen LogP contribution >= 0.6 is 0 Å². The van der Waals surface area contributed by atoms with Crippen molar-refractivity contribution in [3.05, 3.63) is 51.7 Å². The molecule has 1 atom stereocenters. The van der Waals surface area contributed by atoms with Gasteiger partial charge in [-0.3, -0.25) is 14.6 Å². The molecule has 2 N–H and O–H groups in total. The van der Waals surface area contributed by atoms with E-state index in [1.54, 1.807) is 11.2 Å². The number of nitrogens with zero attached hydrogens (tertiary/aromatic N) is 4. The van der Waals surface area contributed by atoms with E-state index >= 15 is 0 Å². The minimum Gasteiger partial charge on any atom is -0.345 e. The van der Waals surface area contributed by atoms with E-state index in [0.717, 1.165) is 41.8 Å². The Morgan fingerprint density at radius 1 is 1.30 bits per heavy atom. The predicted molar refractivity (Wildman–Crippen MR) is 114 cm³/mol. The lowest BCUT2D eigenvalue weighted by Crippen LogP contribution is -2.42. The van der Waals surface area contributed by atoms with Crippen molar-refractivity contribution in [3.63, 3.8) is 0 Å². The molecular weight excluding hydrogens is 380 g/mol. The van der Waals surface area contributed by atoms with E-state index in [4.69, 9.17) is 4.98 Å². The molecule has 0 saturated carbocycles. The molecule has 0 radical (unpaired) electrons. The fourth-order valence-corrected chi connectivity index (χ4v) is 4.54. The molecule has 0 spiro atoms. The van der Waals surface area contributed by atoms with Gasteiger partial charge in [0, 0.05) is 26.1 Å². The predicted octanol–water partition coefficient (Wildman–Crippen LogP) is 2.01. The number of H-pyrrole nitrogens is 2. The number of fused-ring (bicyclic) bond motifs is 2. The zero-order chi connectivity index (χ0) is 20.7. The summed E-state index contributed by atoms with van der Waals surface area (Å²) in [7, 11) is 0. The molecule has 1 saturated heterocycles. The number of hydrogen-bond donors (Lipinski definition) is 2. The first kappa shape index (κ1) is 18.8. The van der Waals surface area contributed by atoms with Crippen LogP contribution in [0.3, 0.4) is 0 Å². The van der Waals surface area contributed by atoms with Crippen LogP contribution in [0.2, 0.25) is 0 Å². The van der Waals surface area contributed by atoms with Gasteiger partial charge in [0.05, 0.1) is 41.6 Å². The fourth-order valence-electron chi connectivity index (χ4n) is 4.54. The highest BCUT2D eigenvalue weighted by atomic mass is 16.2. The molecule has 30 heavy (non-hydrogen) atoms. The third kappa shape index (κ3) is 3.58. The number of benzene rings is 1. The van der Waals surface area contributed by atoms with Gasteiger partial charge in [-0.2, -0.15) is 0 Å². The second kappa shape index (κ2) is 7.59. The van der Waals surface area contributed by atoms with Crippen molar-refractivity contribution < 1.29 is 4.79 Å². The lowest BCUT2D eigenvalue weighted by atomic mass is 10.0. The van der Waals surface area contributed by atoms with Gasteiger partial charge in [-0.15, -0.1) is 0 Å². The summed E-state index contributed by atoms with van der Waals surface area (Å²) in [6, 6.07) is 5.80. The second-order valence-corrected chi connectivity index (χ2v) is 8.50. The number of amides is 1. The summed E-state index contributed by atoms with van der Waals surface area (Å²) in [5, 5.41) is 0. The van der Waals surface area contributed by atoms with Gasteiger partial charge in [0.2, 0.25) is 11.9 Å². The van der Waals surface area contributed by atoms with Crippen molar-refractivity contribution >= 4 is 22.9 Å². The quantitative estimate of drug-likeness (QED) is 0.693. The molecule has 4 heterocycles. The maximum absolute atomic E-state index is 12.9. The van der Waals surface area contributed by atoms with Crippen LogP contribution in [-0.2, 0) is 24.2 Å². The molecule has 0 aliphatic carbocycles. The number of hydrogen-bond acceptors (Lipinski definition) is 5. The average molecular weight is 406 g/mol. The van der Waals surface area contributed by atoms with E-state index < -0.39 is 0 Å². The number of aromatic nitrogens is 4. The van der Waals surface area contributed by atoms with Crippen LogP contribution in [0.15, 0.2) is 29.3 Å². The number of piperidine rings is 1. The van der Waals surface area contributed by atoms with Crippen molar-refractivity contribution in [1.82, 2.24) is 24.8 Å². The summed E-state index contributed by atoms with van der Waals surface area (Å²) >= 11 is 0. The van der Waals surface area contributed by atoms with Gasteiger partial charge in [-0.1, -0.05) is 13.0 Å². The van der Waals surface area contributed by atoms with Gasteiger partial charge in [-0.05, 0) is 36.5 Å². The molecule has 0 unspecified atom stereocenters. The minimum atomic E-state index is -0.121. The largest absolute Gasteiger partial charge is 0.345 e. The fraction of sp³-hybridized carbons (Fsp3) is 0.455. The van der Waals surface area contributed by atoms with Crippen molar-refractivity contribution in [2.24, 2.45) is 5.92 Å². The maximum atomic E-state index is 12.9. The first-order chi connectivity index (χ1) is 14.6. The van der Waals surface area contributed by atoms with E-state index in [9.17, 15) is 9.59 Å². The van der Waals surface area contributed by atoms with Gasteiger partial charge in [0.15, 0.2) is 0 Å². The first-order valence-corrected chi connectivity index (χ1v) is 10.6. The molecule has 8 nitrogen and oxygen atoms in total. The highest BCUT2D eigenvalue weighted by molar-refractivity contribution is 5.81. The highest BCUT2D eigenvalue weighted by Crippen LogP contribution is 2.22. The molecule has 1 fully saturated rings. The van der Waals surface area contributed by atoms with Crippen LogP contribution in [-0.4, -0.2) is 50.4 Å². The third-order valence-corrected chi connectivity index (χ3v) is 6.21. The molecule has 8 heteroatoms. The monoisotopic (exact) mass is 406 g/mol. The van der Waals surface area contributed by atoms with E-state index in [1.165, 1.54) is 6.42 Å². The number of rotatable bonds is 3. The first-order valence-electron chi connectivity index (χ1n) is 10.6. The van der Waals surface area contributed by atoms with Crippen LogP contribution in [0.25, 0.3) is 11.0 Å². The Morgan fingerprint density at radius 2 is 2.20 bits per heavy atom. The molecule has 3 aromatic rings. The van der Waals surface area contributed by atoms with Gasteiger partial charge < -0.3 is 14.8 Å². The molecule has 1 amide bonds. The summed E-state index contributed by atoms with van der Waals surface area (Å²) in [6.45, 7) is 4.99. The Labute approximate surface area is 174 Å². The van der Waals surface area contributed by atoms with Gasteiger partial charge >= 0.3 is 0 Å². The highest BCUT2D eigenvalue weighted by Gasteiger charge is 2.26. The third-order valence-electron chi connectivity index (χ3n) is 6.21. The Bertz CT molecular complexity index is 1150. The summed E-state index contributed by atoms with van der Waals surface area (Å²) in [6.07, 6.45) is 4.90. The average Bonchev–Trinajstić information content (AvgIpc) is 3.21. The number of anilines is 1. The summed E-state index contributed by atoms with van der Waals surface area (Å²) < 4.78 is 0. The van der Waals surface area contributed by atoms with Gasteiger partial charge in [0.25, 0.3) is 5.56 Å². The topological polar surface area (TPSA) is 98.0 Å². The van der Waals surface area contributed by atoms with E-state index in [1.807, 2.05) is 18.2 Å². The van der Waals surface area contributed by atoms with Crippen molar-refractivity contribution in [3.8, 4) is 0 Å². The standard InChI is InChI=1S/C22H26N6O2/c1-14-3-2-7-28(11-14)22-25-17-6-8-27(12-16(17)21(30)26-22)20(29)10-15-4-5-18-19(9-15)24-13-23-18/h4-5,9,13-14H,2-3,6-8,10-12H2,1H3,(H,23,24)(H,25,26,30)/t14-/m1/s1. The molecule has 2 aliphatic rings. The Balaban J connectivity index is 1.31. The lowest BCUT2D eigenvalue weighted by Gasteiger charge is -2.33. The van der Waals surface area contributed by atoms with Gasteiger partial charge in [-0.25, -0.2) is 9.97 Å². The molecule has 2 aliphatic heterocycles. The van der Waals surface area contributed by atoms with Crippen LogP contribution in [0.4, 0.5) is 5.95 Å². The number of aromatic amines is 2. The smallest absolute Gasteiger partial charge is 0.257 e. The van der Waals surface area contributed by atoms with Crippen molar-refractivity contribution in [2.45, 2.75) is 39.2 Å². The molecular formula is C22H26N6O2. The zero-order valence-corrected chi connectivity index (χ0v) is 17.1. The van der Waals surface area contributed by atoms with Crippen LogP contribution in [0, 0.1) is 5.92 Å². The van der Waals surface area contributed by atoms with Gasteiger partial charge in [0.1, 0.15) is 0 Å². The molecule has 156 valence electrons. The number of carbonyl (C=O) groups excluding carboxylic acids is 1. The summed E-state index contributed by atoms with van der Waals surface area (Å²) in [5.74, 6) is 1.31. The Hall–Kier alpha value is -3.16. The molecule has 0 bridgehead atoms. The van der Waals surface area contributed by atoms with E-state index in [2.05, 4.69) is 26.8 Å². The molecule has 2 aromatic heterocycles. The van der Waals surface area contributed by atoms with Crippen molar-refractivity contribution in [2.75, 3.05) is 24.5 Å². The van der Waals surface area contributed by atoms with Crippen molar-refractivity contribution in [1.29, 1.82) is 0 Å². The Kier molecular flexibility index (Phi) is 4.77. The lowest BCUT2D eigenvalue weighted by molar-refractivity contribution is -0.131. The summed E-state index contributed by atoms with van der Waals surface area (Å²) in [5.41, 5.74) is 4.06. The number of carbonyl (C=O) groups is 1. The molecule has 1 aromatic carbocycles. The molecule has 5 rings (SSSR count). The zero-order valence-electron chi connectivity index (χ0n) is 17.1. The second-order valence-electron chi connectivity index (χ2n) is 8.50. The minimum absolute atomic E-state index is 0.0212.